The second-order valence-electron chi connectivity index (χ2n) is 7.37. The van der Waals surface area contributed by atoms with Gasteiger partial charge in [-0.25, -0.2) is 4.79 Å². The molecule has 3 aromatic carbocycles. The van der Waals surface area contributed by atoms with Crippen molar-refractivity contribution in [3.63, 3.8) is 0 Å². The van der Waals surface area contributed by atoms with E-state index in [2.05, 4.69) is 20.8 Å². The Morgan fingerprint density at radius 2 is 1.56 bits per heavy atom. The number of carbonyl (C=O) groups is 3. The summed E-state index contributed by atoms with van der Waals surface area (Å²) in [5.74, 6) is -1.05. The van der Waals surface area contributed by atoms with Crippen LogP contribution < -0.4 is 10.6 Å². The van der Waals surface area contributed by atoms with Gasteiger partial charge in [-0.05, 0) is 42.3 Å². The summed E-state index contributed by atoms with van der Waals surface area (Å²) in [5, 5.41) is 13.8. The predicted octanol–water partition coefficient (Wildman–Crippen LogP) is 5.36. The molecule has 182 valence electrons. The third kappa shape index (κ3) is 6.55. The molecule has 4 aromatic rings. The molecule has 36 heavy (non-hydrogen) atoms. The summed E-state index contributed by atoms with van der Waals surface area (Å²) in [4.78, 5) is 37.1. The summed E-state index contributed by atoms with van der Waals surface area (Å²) in [6.45, 7) is 1.96. The molecule has 0 saturated carbocycles. The minimum Gasteiger partial charge on any atom is -0.462 e. The number of benzene rings is 3. The van der Waals surface area contributed by atoms with Gasteiger partial charge in [0.05, 0.1) is 23.6 Å². The van der Waals surface area contributed by atoms with E-state index in [4.69, 9.17) is 4.74 Å². The van der Waals surface area contributed by atoms with Crippen LogP contribution in [0.2, 0.25) is 0 Å². The van der Waals surface area contributed by atoms with Crippen molar-refractivity contribution < 1.29 is 19.1 Å². The van der Waals surface area contributed by atoms with Crippen LogP contribution in [0.1, 0.15) is 27.6 Å². The van der Waals surface area contributed by atoms with E-state index in [0.29, 0.717) is 20.7 Å². The summed E-state index contributed by atoms with van der Waals surface area (Å²) in [6.07, 6.45) is 0. The molecule has 0 atom stereocenters. The average Bonchev–Trinajstić information content (AvgIpc) is 3.35. The molecule has 4 rings (SSSR count). The second kappa shape index (κ2) is 12.1. The van der Waals surface area contributed by atoms with Crippen molar-refractivity contribution in [2.45, 2.75) is 11.3 Å². The van der Waals surface area contributed by atoms with Gasteiger partial charge < -0.3 is 10.1 Å². The number of nitrogens with one attached hydrogen (secondary N) is 2. The van der Waals surface area contributed by atoms with E-state index in [1.54, 1.807) is 43.3 Å². The molecule has 0 aliphatic carbocycles. The maximum absolute atomic E-state index is 12.6. The highest BCUT2D eigenvalue weighted by atomic mass is 32.2. The van der Waals surface area contributed by atoms with Gasteiger partial charge in [-0.2, -0.15) is 0 Å². The van der Waals surface area contributed by atoms with E-state index in [9.17, 15) is 14.4 Å². The molecule has 8 nitrogen and oxygen atoms in total. The molecule has 2 amide bonds. The molecule has 1 heterocycles. The molecule has 2 N–H and O–H groups in total. The van der Waals surface area contributed by atoms with E-state index < -0.39 is 5.97 Å². The highest BCUT2D eigenvalue weighted by Crippen LogP contribution is 2.27. The highest BCUT2D eigenvalue weighted by molar-refractivity contribution is 8.01. The number of hydrogen-bond acceptors (Lipinski definition) is 8. The minimum absolute atomic E-state index is 0.0562. The SMILES string of the molecule is CCOC(=O)c1ccccc1NC(=O)CSc1nnc(NC(=O)c2ccc(-c3ccccc3)cc2)s1. The molecular formula is C26H22N4O4S2. The first-order valence-electron chi connectivity index (χ1n) is 11.0. The van der Waals surface area contributed by atoms with Crippen LogP contribution >= 0.6 is 23.1 Å². The van der Waals surface area contributed by atoms with Crippen molar-refractivity contribution in [3.8, 4) is 11.1 Å². The van der Waals surface area contributed by atoms with Gasteiger partial charge in [0, 0.05) is 5.56 Å². The topological polar surface area (TPSA) is 110 Å². The number of carbonyl (C=O) groups excluding carboxylic acids is 3. The zero-order valence-electron chi connectivity index (χ0n) is 19.3. The van der Waals surface area contributed by atoms with Gasteiger partial charge in [-0.15, -0.1) is 10.2 Å². The van der Waals surface area contributed by atoms with Crippen LogP contribution in [0.3, 0.4) is 0 Å². The zero-order valence-corrected chi connectivity index (χ0v) is 20.9. The van der Waals surface area contributed by atoms with Crippen LogP contribution in [-0.2, 0) is 9.53 Å². The van der Waals surface area contributed by atoms with Gasteiger partial charge in [0.1, 0.15) is 0 Å². The van der Waals surface area contributed by atoms with E-state index in [1.165, 1.54) is 23.1 Å². The van der Waals surface area contributed by atoms with Gasteiger partial charge in [0.15, 0.2) is 4.34 Å². The molecule has 0 unspecified atom stereocenters. The summed E-state index contributed by atoms with van der Waals surface area (Å²) < 4.78 is 5.55. The van der Waals surface area contributed by atoms with Crippen LogP contribution in [-0.4, -0.2) is 40.3 Å². The Balaban J connectivity index is 1.30. The molecule has 0 bridgehead atoms. The van der Waals surface area contributed by atoms with Crippen LogP contribution in [0.25, 0.3) is 11.1 Å². The van der Waals surface area contributed by atoms with Gasteiger partial charge in [-0.1, -0.05) is 77.7 Å². The Morgan fingerprint density at radius 1 is 0.861 bits per heavy atom. The molecule has 0 aliphatic rings. The van der Waals surface area contributed by atoms with Crippen molar-refractivity contribution in [1.82, 2.24) is 10.2 Å². The Labute approximate surface area is 216 Å². The lowest BCUT2D eigenvalue weighted by molar-refractivity contribution is -0.113. The highest BCUT2D eigenvalue weighted by Gasteiger charge is 2.15. The number of anilines is 2. The maximum Gasteiger partial charge on any atom is 0.340 e. The Hall–Kier alpha value is -4.02. The lowest BCUT2D eigenvalue weighted by Gasteiger charge is -2.09. The molecule has 1 aromatic heterocycles. The minimum atomic E-state index is -0.500. The fourth-order valence-electron chi connectivity index (χ4n) is 3.23. The lowest BCUT2D eigenvalue weighted by atomic mass is 10.0. The van der Waals surface area contributed by atoms with Crippen LogP contribution in [0, 0.1) is 0 Å². The van der Waals surface area contributed by atoms with Crippen LogP contribution in [0.5, 0.6) is 0 Å². The first-order valence-corrected chi connectivity index (χ1v) is 12.8. The monoisotopic (exact) mass is 518 g/mol. The van der Waals surface area contributed by atoms with E-state index in [0.717, 1.165) is 11.1 Å². The third-order valence-corrected chi connectivity index (χ3v) is 6.88. The second-order valence-corrected chi connectivity index (χ2v) is 9.57. The number of ether oxygens (including phenoxy) is 1. The number of thioether (sulfide) groups is 1. The molecule has 0 aliphatic heterocycles. The van der Waals surface area contributed by atoms with Crippen LogP contribution in [0.4, 0.5) is 10.8 Å². The number of nitrogens with zero attached hydrogens (tertiary/aromatic N) is 2. The Kier molecular flexibility index (Phi) is 8.43. The quantitative estimate of drug-likeness (QED) is 0.174. The predicted molar refractivity (Wildman–Crippen MR) is 141 cm³/mol. The van der Waals surface area contributed by atoms with E-state index in [-0.39, 0.29) is 29.7 Å². The Bertz CT molecular complexity index is 1360. The first kappa shape index (κ1) is 25.1. The number of aromatic nitrogens is 2. The van der Waals surface area contributed by atoms with Crippen molar-refractivity contribution in [2.75, 3.05) is 23.0 Å². The van der Waals surface area contributed by atoms with E-state index in [1.807, 2.05) is 42.5 Å². The largest absolute Gasteiger partial charge is 0.462 e. The lowest BCUT2D eigenvalue weighted by Crippen LogP contribution is -2.17. The molecule has 0 saturated heterocycles. The summed E-state index contributed by atoms with van der Waals surface area (Å²) in [6, 6.07) is 23.9. The maximum atomic E-state index is 12.6. The van der Waals surface area contributed by atoms with Crippen molar-refractivity contribution in [2.24, 2.45) is 0 Å². The molecule has 10 heteroatoms. The van der Waals surface area contributed by atoms with Crippen LogP contribution in [0.15, 0.2) is 83.2 Å². The van der Waals surface area contributed by atoms with Gasteiger partial charge in [-0.3, -0.25) is 14.9 Å². The molecule has 0 spiro atoms. The summed E-state index contributed by atoms with van der Waals surface area (Å²) in [7, 11) is 0. The number of amides is 2. The van der Waals surface area contributed by atoms with Gasteiger partial charge in [0.25, 0.3) is 5.91 Å². The smallest absolute Gasteiger partial charge is 0.340 e. The average molecular weight is 519 g/mol. The van der Waals surface area contributed by atoms with E-state index >= 15 is 0 Å². The summed E-state index contributed by atoms with van der Waals surface area (Å²) >= 11 is 2.35. The third-order valence-electron chi connectivity index (χ3n) is 4.90. The Morgan fingerprint density at radius 3 is 2.31 bits per heavy atom. The number of hydrogen-bond donors (Lipinski definition) is 2. The van der Waals surface area contributed by atoms with Gasteiger partial charge in [0.2, 0.25) is 11.0 Å². The van der Waals surface area contributed by atoms with Gasteiger partial charge >= 0.3 is 5.97 Å². The fraction of sp³-hybridized carbons (Fsp3) is 0.115. The standard InChI is InChI=1S/C26H22N4O4S2/c1-2-34-24(33)20-10-6-7-11-21(20)27-22(31)16-35-26-30-29-25(36-26)28-23(32)19-14-12-18(13-15-19)17-8-4-3-5-9-17/h3-15H,2,16H2,1H3,(H,27,31)(H,28,29,32). The molecule has 0 radical (unpaired) electrons. The number of rotatable bonds is 9. The van der Waals surface area contributed by atoms with Crippen molar-refractivity contribution >= 4 is 51.7 Å². The van der Waals surface area contributed by atoms with Crippen molar-refractivity contribution in [1.29, 1.82) is 0 Å². The summed E-state index contributed by atoms with van der Waals surface area (Å²) in [5.41, 5.74) is 3.26. The normalized spacial score (nSPS) is 10.5. The fourth-order valence-corrected chi connectivity index (χ4v) is 4.77. The first-order chi connectivity index (χ1) is 17.5. The number of esters is 1. The molecule has 0 fully saturated rings. The van der Waals surface area contributed by atoms with Crippen molar-refractivity contribution in [3.05, 3.63) is 90.0 Å². The number of para-hydroxylation sites is 1. The molecular weight excluding hydrogens is 496 g/mol. The zero-order chi connectivity index (χ0) is 25.3.